The van der Waals surface area contributed by atoms with Crippen molar-refractivity contribution in [2.75, 3.05) is 31.2 Å². The Morgan fingerprint density at radius 1 is 1.00 bits per heavy atom. The molecule has 1 amide bonds. The highest BCUT2D eigenvalue weighted by atomic mass is 16.5. The van der Waals surface area contributed by atoms with Crippen molar-refractivity contribution in [3.8, 4) is 11.1 Å². The fourth-order valence-corrected chi connectivity index (χ4v) is 4.67. The Kier molecular flexibility index (Phi) is 6.20. The highest BCUT2D eigenvalue weighted by Gasteiger charge is 2.26. The summed E-state index contributed by atoms with van der Waals surface area (Å²) >= 11 is 0. The monoisotopic (exact) mass is 423 g/mol. The van der Waals surface area contributed by atoms with Gasteiger partial charge in [0.25, 0.3) is 5.91 Å². The van der Waals surface area contributed by atoms with E-state index in [9.17, 15) is 4.79 Å². The number of anilines is 1. The SMILES string of the molecule is O=C(NC1CCCCCC1)c1cc(-c2cnc(N3CCOCC3)nc2)cn1CC1CC1. The lowest BCUT2D eigenvalue weighted by molar-refractivity contribution is 0.0923. The fourth-order valence-electron chi connectivity index (χ4n) is 4.67. The highest BCUT2D eigenvalue weighted by Crippen LogP contribution is 2.32. The van der Waals surface area contributed by atoms with Gasteiger partial charge in [-0.3, -0.25) is 4.79 Å². The van der Waals surface area contributed by atoms with E-state index < -0.39 is 0 Å². The summed E-state index contributed by atoms with van der Waals surface area (Å²) in [4.78, 5) is 24.5. The maximum Gasteiger partial charge on any atom is 0.268 e. The number of carbonyl (C=O) groups is 1. The van der Waals surface area contributed by atoms with Crippen molar-refractivity contribution in [3.63, 3.8) is 0 Å². The van der Waals surface area contributed by atoms with Gasteiger partial charge in [0.15, 0.2) is 0 Å². The molecule has 2 aromatic heterocycles. The Hall–Kier alpha value is -2.41. The molecule has 0 spiro atoms. The van der Waals surface area contributed by atoms with Crippen molar-refractivity contribution in [2.24, 2.45) is 5.92 Å². The van der Waals surface area contributed by atoms with E-state index in [2.05, 4.69) is 30.9 Å². The molecule has 2 saturated carbocycles. The normalized spacial score (nSPS) is 20.5. The molecule has 3 heterocycles. The number of nitrogens with zero attached hydrogens (tertiary/aromatic N) is 4. The summed E-state index contributed by atoms with van der Waals surface area (Å²) in [6, 6.07) is 2.32. The molecule has 3 fully saturated rings. The van der Waals surface area contributed by atoms with Crippen LogP contribution in [0.4, 0.5) is 5.95 Å². The molecule has 3 aliphatic rings. The van der Waals surface area contributed by atoms with Crippen LogP contribution in [-0.2, 0) is 11.3 Å². The smallest absolute Gasteiger partial charge is 0.268 e. The first-order valence-corrected chi connectivity index (χ1v) is 11.9. The minimum absolute atomic E-state index is 0.0599. The minimum atomic E-state index is 0.0599. The van der Waals surface area contributed by atoms with Gasteiger partial charge >= 0.3 is 0 Å². The van der Waals surface area contributed by atoms with E-state index in [0.29, 0.717) is 25.2 Å². The highest BCUT2D eigenvalue weighted by molar-refractivity contribution is 5.94. The quantitative estimate of drug-likeness (QED) is 0.718. The molecule has 0 aromatic carbocycles. The number of aromatic nitrogens is 3. The molecule has 1 saturated heterocycles. The third kappa shape index (κ3) is 5.09. The number of hydrogen-bond acceptors (Lipinski definition) is 5. The summed E-state index contributed by atoms with van der Waals surface area (Å²) < 4.78 is 7.56. The Labute approximate surface area is 184 Å². The zero-order valence-electron chi connectivity index (χ0n) is 18.3. The Balaban J connectivity index is 1.34. The zero-order chi connectivity index (χ0) is 21.0. The van der Waals surface area contributed by atoms with Gasteiger partial charge in [-0.15, -0.1) is 0 Å². The molecule has 2 aromatic rings. The maximum atomic E-state index is 13.2. The largest absolute Gasteiger partial charge is 0.378 e. The van der Waals surface area contributed by atoms with E-state index in [4.69, 9.17) is 4.74 Å². The van der Waals surface area contributed by atoms with Gasteiger partial charge < -0.3 is 19.5 Å². The molecule has 0 bridgehead atoms. The molecule has 0 unspecified atom stereocenters. The van der Waals surface area contributed by atoms with Crippen molar-refractivity contribution in [2.45, 2.75) is 64.0 Å². The van der Waals surface area contributed by atoms with Crippen LogP contribution in [0.15, 0.2) is 24.7 Å². The molecule has 1 aliphatic heterocycles. The number of ether oxygens (including phenoxy) is 1. The van der Waals surface area contributed by atoms with Gasteiger partial charge in [-0.05, 0) is 37.7 Å². The second-order valence-electron chi connectivity index (χ2n) is 9.24. The van der Waals surface area contributed by atoms with E-state index in [1.165, 1.54) is 38.5 Å². The van der Waals surface area contributed by atoms with Gasteiger partial charge in [-0.2, -0.15) is 0 Å². The van der Waals surface area contributed by atoms with Gasteiger partial charge in [0.1, 0.15) is 5.69 Å². The Morgan fingerprint density at radius 3 is 2.39 bits per heavy atom. The number of nitrogens with one attached hydrogen (secondary N) is 1. The summed E-state index contributed by atoms with van der Waals surface area (Å²) in [5, 5.41) is 3.32. The van der Waals surface area contributed by atoms with E-state index >= 15 is 0 Å². The predicted octanol–water partition coefficient (Wildman–Crippen LogP) is 3.64. The van der Waals surface area contributed by atoms with Crippen LogP contribution in [-0.4, -0.2) is 52.8 Å². The molecule has 166 valence electrons. The number of hydrogen-bond donors (Lipinski definition) is 1. The topological polar surface area (TPSA) is 72.3 Å². The summed E-state index contributed by atoms with van der Waals surface area (Å²) in [7, 11) is 0. The molecule has 31 heavy (non-hydrogen) atoms. The van der Waals surface area contributed by atoms with Crippen molar-refractivity contribution < 1.29 is 9.53 Å². The summed E-state index contributed by atoms with van der Waals surface area (Å²) in [6.07, 6.45) is 15.6. The second kappa shape index (κ2) is 9.39. The Morgan fingerprint density at radius 2 is 1.71 bits per heavy atom. The van der Waals surface area contributed by atoms with Gasteiger partial charge in [0, 0.05) is 55.4 Å². The lowest BCUT2D eigenvalue weighted by atomic mass is 10.1. The van der Waals surface area contributed by atoms with Crippen LogP contribution in [0.3, 0.4) is 0 Å². The molecule has 0 radical (unpaired) electrons. The van der Waals surface area contributed by atoms with E-state index in [-0.39, 0.29) is 5.91 Å². The third-order valence-electron chi connectivity index (χ3n) is 6.74. The average molecular weight is 424 g/mol. The molecule has 0 atom stereocenters. The first-order chi connectivity index (χ1) is 15.3. The van der Waals surface area contributed by atoms with Crippen molar-refractivity contribution in [1.82, 2.24) is 19.9 Å². The standard InChI is InChI=1S/C24H33N5O2/c30-23(27-21-5-3-1-2-4-6-21)22-13-19(17-29(22)16-18-7-8-18)20-14-25-24(26-15-20)28-9-11-31-12-10-28/h13-15,17-18,21H,1-12,16H2,(H,27,30). The number of morpholine rings is 1. The lowest BCUT2D eigenvalue weighted by Gasteiger charge is -2.26. The summed E-state index contributed by atoms with van der Waals surface area (Å²) in [5.41, 5.74) is 2.73. The molecule has 7 nitrogen and oxygen atoms in total. The molecule has 5 rings (SSSR count). The average Bonchev–Trinajstić information content (AvgIpc) is 3.57. The van der Waals surface area contributed by atoms with Gasteiger partial charge in [-0.1, -0.05) is 25.7 Å². The maximum absolute atomic E-state index is 13.2. The first-order valence-electron chi connectivity index (χ1n) is 11.9. The van der Waals surface area contributed by atoms with Crippen molar-refractivity contribution in [3.05, 3.63) is 30.4 Å². The van der Waals surface area contributed by atoms with Gasteiger partial charge in [0.2, 0.25) is 5.95 Å². The second-order valence-corrected chi connectivity index (χ2v) is 9.24. The molecule has 7 heteroatoms. The van der Waals surface area contributed by atoms with Crippen LogP contribution >= 0.6 is 0 Å². The van der Waals surface area contributed by atoms with Crippen molar-refractivity contribution in [1.29, 1.82) is 0 Å². The Bertz CT molecular complexity index is 876. The lowest BCUT2D eigenvalue weighted by Crippen LogP contribution is -2.37. The van der Waals surface area contributed by atoms with E-state index in [1.54, 1.807) is 0 Å². The van der Waals surface area contributed by atoms with Crippen LogP contribution in [0.25, 0.3) is 11.1 Å². The van der Waals surface area contributed by atoms with E-state index in [0.717, 1.165) is 55.2 Å². The van der Waals surface area contributed by atoms with Gasteiger partial charge in [-0.25, -0.2) is 9.97 Å². The summed E-state index contributed by atoms with van der Waals surface area (Å²) in [6.45, 7) is 3.99. The van der Waals surface area contributed by atoms with Crippen LogP contribution in [0.1, 0.15) is 61.9 Å². The van der Waals surface area contributed by atoms with Crippen LogP contribution in [0.5, 0.6) is 0 Å². The zero-order valence-corrected chi connectivity index (χ0v) is 18.3. The van der Waals surface area contributed by atoms with Gasteiger partial charge in [0.05, 0.1) is 13.2 Å². The number of amides is 1. The predicted molar refractivity (Wildman–Crippen MR) is 120 cm³/mol. The van der Waals surface area contributed by atoms with Crippen molar-refractivity contribution >= 4 is 11.9 Å². The van der Waals surface area contributed by atoms with Crippen LogP contribution in [0, 0.1) is 5.92 Å². The minimum Gasteiger partial charge on any atom is -0.378 e. The first kappa shape index (κ1) is 20.5. The summed E-state index contributed by atoms with van der Waals surface area (Å²) in [5.74, 6) is 1.50. The molecule has 2 aliphatic carbocycles. The number of rotatable bonds is 6. The number of carbonyl (C=O) groups excluding carboxylic acids is 1. The van der Waals surface area contributed by atoms with Crippen LogP contribution in [0.2, 0.25) is 0 Å². The van der Waals surface area contributed by atoms with Crippen LogP contribution < -0.4 is 10.2 Å². The fraction of sp³-hybridized carbons (Fsp3) is 0.625. The third-order valence-corrected chi connectivity index (χ3v) is 6.74. The van der Waals surface area contributed by atoms with E-state index in [1.807, 2.05) is 18.5 Å². The molecular weight excluding hydrogens is 390 g/mol. The molecular formula is C24H33N5O2. The molecule has 1 N–H and O–H groups in total.